The maximum atomic E-state index is 5.89. The van der Waals surface area contributed by atoms with Crippen LogP contribution in [0.1, 0.15) is 38.3 Å². The molecule has 1 aliphatic rings. The van der Waals surface area contributed by atoms with Gasteiger partial charge in [0.1, 0.15) is 0 Å². The molecule has 1 aromatic rings. The van der Waals surface area contributed by atoms with Crippen molar-refractivity contribution in [2.45, 2.75) is 38.3 Å². The van der Waals surface area contributed by atoms with E-state index < -0.39 is 0 Å². The lowest BCUT2D eigenvalue weighted by Crippen LogP contribution is -2.59. The van der Waals surface area contributed by atoms with E-state index in [1.807, 2.05) is 0 Å². The van der Waals surface area contributed by atoms with Gasteiger partial charge < -0.3 is 11.1 Å². The molecule has 1 aliphatic carbocycles. The molecule has 88 valence electrons. The van der Waals surface area contributed by atoms with Gasteiger partial charge >= 0.3 is 0 Å². The molecule has 0 radical (unpaired) electrons. The van der Waals surface area contributed by atoms with Crippen molar-refractivity contribution in [3.8, 4) is 0 Å². The normalized spacial score (nSPS) is 30.8. The van der Waals surface area contributed by atoms with Gasteiger partial charge in [0.2, 0.25) is 0 Å². The third-order valence-electron chi connectivity index (χ3n) is 3.69. The minimum absolute atomic E-state index is 0.189. The molecule has 0 heterocycles. The first-order valence-electron chi connectivity index (χ1n) is 6.18. The fraction of sp³-hybridized carbons (Fsp3) is 0.571. The highest BCUT2D eigenvalue weighted by molar-refractivity contribution is 5.19. The Morgan fingerprint density at radius 2 is 2.00 bits per heavy atom. The van der Waals surface area contributed by atoms with E-state index in [1.165, 1.54) is 18.4 Å². The van der Waals surface area contributed by atoms with E-state index in [-0.39, 0.29) is 5.54 Å². The molecule has 2 rings (SSSR count). The Bertz CT molecular complexity index is 328. The van der Waals surface area contributed by atoms with Gasteiger partial charge in [-0.1, -0.05) is 37.3 Å². The summed E-state index contributed by atoms with van der Waals surface area (Å²) in [6.07, 6.45) is 2.42. The zero-order chi connectivity index (χ0) is 11.6. The molecule has 1 unspecified atom stereocenters. The largest absolute Gasteiger partial charge is 0.329 e. The molecule has 1 saturated carbocycles. The van der Waals surface area contributed by atoms with Crippen LogP contribution in [0.25, 0.3) is 0 Å². The van der Waals surface area contributed by atoms with Gasteiger partial charge in [-0.25, -0.2) is 0 Å². The summed E-state index contributed by atoms with van der Waals surface area (Å²) in [6, 6.07) is 11.0. The van der Waals surface area contributed by atoms with Crippen LogP contribution in [0.3, 0.4) is 0 Å². The average Bonchev–Trinajstić information content (AvgIpc) is 2.27. The summed E-state index contributed by atoms with van der Waals surface area (Å²) >= 11 is 0. The smallest absolute Gasteiger partial charge is 0.0314 e. The number of hydrogen-bond acceptors (Lipinski definition) is 2. The van der Waals surface area contributed by atoms with Crippen molar-refractivity contribution in [1.82, 2.24) is 5.32 Å². The summed E-state index contributed by atoms with van der Waals surface area (Å²) in [6.45, 7) is 5.26. The van der Waals surface area contributed by atoms with Crippen LogP contribution < -0.4 is 11.1 Å². The summed E-state index contributed by atoms with van der Waals surface area (Å²) < 4.78 is 0. The predicted molar refractivity (Wildman–Crippen MR) is 68.2 cm³/mol. The first-order valence-corrected chi connectivity index (χ1v) is 6.18. The van der Waals surface area contributed by atoms with Gasteiger partial charge in [-0.2, -0.15) is 0 Å². The molecule has 0 saturated heterocycles. The fourth-order valence-electron chi connectivity index (χ4n) is 2.90. The van der Waals surface area contributed by atoms with Crippen molar-refractivity contribution < 1.29 is 0 Å². The zero-order valence-corrected chi connectivity index (χ0v) is 10.2. The Labute approximate surface area is 98.2 Å². The Morgan fingerprint density at radius 3 is 2.50 bits per heavy atom. The number of hydrogen-bond donors (Lipinski definition) is 2. The quantitative estimate of drug-likeness (QED) is 0.814. The number of nitrogens with one attached hydrogen (secondary N) is 1. The van der Waals surface area contributed by atoms with Crippen LogP contribution in [0.5, 0.6) is 0 Å². The van der Waals surface area contributed by atoms with Crippen LogP contribution in [0.15, 0.2) is 30.3 Å². The van der Waals surface area contributed by atoms with E-state index in [1.54, 1.807) is 0 Å². The van der Waals surface area contributed by atoms with E-state index in [4.69, 9.17) is 5.73 Å². The lowest BCUT2D eigenvalue weighted by atomic mass is 9.68. The second-order valence-corrected chi connectivity index (χ2v) is 5.27. The van der Waals surface area contributed by atoms with Gasteiger partial charge in [0, 0.05) is 18.1 Å². The molecule has 1 atom stereocenters. The molecule has 16 heavy (non-hydrogen) atoms. The van der Waals surface area contributed by atoms with Crippen molar-refractivity contribution in [2.75, 3.05) is 6.54 Å². The van der Waals surface area contributed by atoms with Crippen LogP contribution in [-0.2, 0) is 0 Å². The summed E-state index contributed by atoms with van der Waals surface area (Å²) in [5, 5.41) is 3.70. The second kappa shape index (κ2) is 4.56. The van der Waals surface area contributed by atoms with Gasteiger partial charge in [0.05, 0.1) is 0 Å². The van der Waals surface area contributed by atoms with Crippen LogP contribution in [-0.4, -0.2) is 12.1 Å². The van der Waals surface area contributed by atoms with Crippen molar-refractivity contribution in [3.05, 3.63) is 35.9 Å². The molecule has 2 heteroatoms. The molecule has 0 spiro atoms. The molecule has 2 nitrogen and oxygen atoms in total. The van der Waals surface area contributed by atoms with Crippen LogP contribution in [0, 0.1) is 5.92 Å². The molecule has 3 N–H and O–H groups in total. The molecular formula is C14H22N2. The van der Waals surface area contributed by atoms with Crippen molar-refractivity contribution in [3.63, 3.8) is 0 Å². The number of benzene rings is 1. The van der Waals surface area contributed by atoms with Crippen LogP contribution >= 0.6 is 0 Å². The monoisotopic (exact) mass is 218 g/mol. The molecule has 0 aromatic heterocycles. The molecule has 0 bridgehead atoms. The average molecular weight is 218 g/mol. The maximum Gasteiger partial charge on any atom is 0.0314 e. The summed E-state index contributed by atoms with van der Waals surface area (Å²) in [7, 11) is 0. The van der Waals surface area contributed by atoms with Crippen molar-refractivity contribution >= 4 is 0 Å². The molecule has 0 aliphatic heterocycles. The highest BCUT2D eigenvalue weighted by atomic mass is 15.0. The Balaban J connectivity index is 1.99. The van der Waals surface area contributed by atoms with Gasteiger partial charge in [0.15, 0.2) is 0 Å². The Morgan fingerprint density at radius 1 is 1.38 bits per heavy atom. The van der Waals surface area contributed by atoms with E-state index in [0.29, 0.717) is 6.04 Å². The lowest BCUT2D eigenvalue weighted by molar-refractivity contribution is 0.111. The van der Waals surface area contributed by atoms with E-state index in [0.717, 1.165) is 12.5 Å². The molecule has 0 amide bonds. The van der Waals surface area contributed by atoms with Crippen LogP contribution in [0.2, 0.25) is 0 Å². The Kier molecular flexibility index (Phi) is 3.31. The van der Waals surface area contributed by atoms with Gasteiger partial charge in [-0.05, 0) is 31.2 Å². The van der Waals surface area contributed by atoms with Gasteiger partial charge in [0.25, 0.3) is 0 Å². The highest BCUT2D eigenvalue weighted by Gasteiger charge is 2.41. The van der Waals surface area contributed by atoms with Crippen LogP contribution in [0.4, 0.5) is 0 Å². The Hall–Kier alpha value is -0.860. The zero-order valence-electron chi connectivity index (χ0n) is 10.2. The third-order valence-corrected chi connectivity index (χ3v) is 3.69. The summed E-state index contributed by atoms with van der Waals surface area (Å²) in [4.78, 5) is 0. The predicted octanol–water partition coefficient (Wildman–Crippen LogP) is 2.46. The van der Waals surface area contributed by atoms with E-state index in [9.17, 15) is 0 Å². The topological polar surface area (TPSA) is 38.0 Å². The summed E-state index contributed by atoms with van der Waals surface area (Å²) in [5.74, 6) is 0.819. The van der Waals surface area contributed by atoms with Crippen molar-refractivity contribution in [1.29, 1.82) is 0 Å². The lowest BCUT2D eigenvalue weighted by Gasteiger charge is -2.48. The first kappa shape index (κ1) is 11.6. The number of nitrogens with two attached hydrogens (primary N) is 1. The fourth-order valence-corrected chi connectivity index (χ4v) is 2.90. The van der Waals surface area contributed by atoms with E-state index in [2.05, 4.69) is 49.5 Å². The second-order valence-electron chi connectivity index (χ2n) is 5.27. The third kappa shape index (κ3) is 2.28. The van der Waals surface area contributed by atoms with Gasteiger partial charge in [-0.3, -0.25) is 0 Å². The van der Waals surface area contributed by atoms with Gasteiger partial charge in [-0.15, -0.1) is 0 Å². The highest BCUT2D eigenvalue weighted by Crippen LogP contribution is 2.38. The molecule has 1 fully saturated rings. The molecule has 1 aromatic carbocycles. The minimum atomic E-state index is 0.189. The SMILES string of the molecule is CC1CC(CN)(NC(C)c2ccccc2)C1. The maximum absolute atomic E-state index is 5.89. The van der Waals surface area contributed by atoms with E-state index >= 15 is 0 Å². The van der Waals surface area contributed by atoms with Crippen molar-refractivity contribution in [2.24, 2.45) is 11.7 Å². The minimum Gasteiger partial charge on any atom is -0.329 e. The standard InChI is InChI=1S/C14H22N2/c1-11-8-14(9-11,10-15)16-12(2)13-6-4-3-5-7-13/h3-7,11-12,16H,8-10,15H2,1-2H3. The number of rotatable bonds is 4. The molecular weight excluding hydrogens is 196 g/mol. The first-order chi connectivity index (χ1) is 7.65. The summed E-state index contributed by atoms with van der Waals surface area (Å²) in [5.41, 5.74) is 7.43.